The van der Waals surface area contributed by atoms with Gasteiger partial charge in [0.05, 0.1) is 17.7 Å². The molecule has 0 saturated heterocycles. The number of methoxy groups -OCH3 is 1. The monoisotopic (exact) mass is 276 g/mol. The summed E-state index contributed by atoms with van der Waals surface area (Å²) in [5.74, 6) is -0.0186. The molecule has 20 heavy (non-hydrogen) atoms. The first-order valence-electron chi connectivity index (χ1n) is 7.34. The number of hydrogen-bond acceptors (Lipinski definition) is 3. The van der Waals surface area contributed by atoms with Crippen LogP contribution in [-0.2, 0) is 4.74 Å². The molecule has 1 aromatic rings. The Kier molecular flexibility index (Phi) is 5.01. The van der Waals surface area contributed by atoms with E-state index in [0.717, 1.165) is 37.1 Å². The maximum absolute atomic E-state index is 12.5. The number of benzene rings is 1. The van der Waals surface area contributed by atoms with E-state index in [0.29, 0.717) is 5.56 Å². The van der Waals surface area contributed by atoms with Crippen LogP contribution in [0.25, 0.3) is 0 Å². The van der Waals surface area contributed by atoms with Gasteiger partial charge in [0, 0.05) is 19.3 Å². The molecule has 0 aliphatic heterocycles. The Morgan fingerprint density at radius 1 is 1.40 bits per heavy atom. The van der Waals surface area contributed by atoms with Crippen molar-refractivity contribution in [2.75, 3.05) is 19.0 Å². The zero-order valence-electron chi connectivity index (χ0n) is 12.5. The van der Waals surface area contributed by atoms with E-state index in [2.05, 4.69) is 10.6 Å². The fraction of sp³-hybridized carbons (Fsp3) is 0.562. The molecule has 2 unspecified atom stereocenters. The molecule has 2 atom stereocenters. The summed E-state index contributed by atoms with van der Waals surface area (Å²) in [6.07, 6.45) is 3.27. The maximum Gasteiger partial charge on any atom is 0.253 e. The van der Waals surface area contributed by atoms with Crippen molar-refractivity contribution < 1.29 is 9.53 Å². The number of anilines is 1. The van der Waals surface area contributed by atoms with Crippen molar-refractivity contribution >= 4 is 11.6 Å². The van der Waals surface area contributed by atoms with Crippen LogP contribution in [0.2, 0.25) is 0 Å². The number of carbonyl (C=O) groups is 1. The molecule has 1 saturated carbocycles. The molecule has 0 aromatic heterocycles. The molecule has 4 heteroatoms. The fourth-order valence-electron chi connectivity index (χ4n) is 2.81. The Hall–Kier alpha value is -1.55. The minimum Gasteiger partial charge on any atom is -0.385 e. The Balaban J connectivity index is 2.12. The molecule has 0 heterocycles. The second kappa shape index (κ2) is 6.75. The second-order valence-electron chi connectivity index (χ2n) is 5.36. The van der Waals surface area contributed by atoms with Crippen molar-refractivity contribution in [1.82, 2.24) is 5.32 Å². The van der Waals surface area contributed by atoms with E-state index in [1.807, 2.05) is 32.0 Å². The van der Waals surface area contributed by atoms with Crippen molar-refractivity contribution in [3.63, 3.8) is 0 Å². The Morgan fingerprint density at radius 3 is 2.90 bits per heavy atom. The molecule has 110 valence electrons. The average molecular weight is 276 g/mol. The molecule has 2 rings (SSSR count). The topological polar surface area (TPSA) is 50.4 Å². The summed E-state index contributed by atoms with van der Waals surface area (Å²) < 4.78 is 5.43. The normalized spacial score (nSPS) is 21.8. The third-order valence-electron chi connectivity index (χ3n) is 3.86. The summed E-state index contributed by atoms with van der Waals surface area (Å²) in [5, 5.41) is 6.37. The van der Waals surface area contributed by atoms with Gasteiger partial charge in [-0.05, 0) is 50.8 Å². The van der Waals surface area contributed by atoms with Crippen LogP contribution in [0.4, 0.5) is 5.69 Å². The number of nitrogens with one attached hydrogen (secondary N) is 2. The number of hydrogen-bond donors (Lipinski definition) is 2. The summed E-state index contributed by atoms with van der Waals surface area (Å²) in [5.41, 5.74) is 2.75. The van der Waals surface area contributed by atoms with E-state index in [-0.39, 0.29) is 18.1 Å². The molecule has 0 radical (unpaired) electrons. The summed E-state index contributed by atoms with van der Waals surface area (Å²) in [6.45, 7) is 4.86. The van der Waals surface area contributed by atoms with Crippen molar-refractivity contribution in [2.45, 2.75) is 45.3 Å². The predicted molar refractivity (Wildman–Crippen MR) is 81.2 cm³/mol. The van der Waals surface area contributed by atoms with Gasteiger partial charge in [-0.25, -0.2) is 0 Å². The van der Waals surface area contributed by atoms with Crippen LogP contribution in [0.1, 0.15) is 42.1 Å². The smallest absolute Gasteiger partial charge is 0.253 e. The van der Waals surface area contributed by atoms with E-state index in [4.69, 9.17) is 4.74 Å². The van der Waals surface area contributed by atoms with Gasteiger partial charge >= 0.3 is 0 Å². The minimum atomic E-state index is -0.0186. The van der Waals surface area contributed by atoms with Crippen molar-refractivity contribution in [2.24, 2.45) is 0 Å². The van der Waals surface area contributed by atoms with Gasteiger partial charge in [-0.2, -0.15) is 0 Å². The van der Waals surface area contributed by atoms with Gasteiger partial charge in [-0.15, -0.1) is 0 Å². The number of ether oxygens (including phenoxy) is 1. The molecular formula is C16H24N2O2. The SMILES string of the molecule is CCNc1cc(C)ccc1C(=O)NC1CCCC1OC. The van der Waals surface area contributed by atoms with Crippen molar-refractivity contribution in [3.05, 3.63) is 29.3 Å². The van der Waals surface area contributed by atoms with Crippen LogP contribution in [0.5, 0.6) is 0 Å². The predicted octanol–water partition coefficient (Wildman–Crippen LogP) is 2.72. The van der Waals surface area contributed by atoms with Gasteiger partial charge in [-0.3, -0.25) is 4.79 Å². The molecule has 2 N–H and O–H groups in total. The standard InChI is InChI=1S/C16H24N2O2/c1-4-17-14-10-11(2)8-9-12(14)16(19)18-13-6-5-7-15(13)20-3/h8-10,13,15,17H,4-7H2,1-3H3,(H,18,19). The van der Waals surface area contributed by atoms with Gasteiger partial charge in [0.2, 0.25) is 0 Å². The highest BCUT2D eigenvalue weighted by molar-refractivity contribution is 6.00. The first-order chi connectivity index (χ1) is 9.65. The summed E-state index contributed by atoms with van der Waals surface area (Å²) >= 11 is 0. The lowest BCUT2D eigenvalue weighted by Gasteiger charge is -2.20. The van der Waals surface area contributed by atoms with Crippen LogP contribution in [0.15, 0.2) is 18.2 Å². The summed E-state index contributed by atoms with van der Waals surface area (Å²) in [6, 6.07) is 6.00. The highest BCUT2D eigenvalue weighted by atomic mass is 16.5. The van der Waals surface area contributed by atoms with Crippen LogP contribution in [0.3, 0.4) is 0 Å². The molecule has 1 aromatic carbocycles. The van der Waals surface area contributed by atoms with Gasteiger partial charge in [0.1, 0.15) is 0 Å². The summed E-state index contributed by atoms with van der Waals surface area (Å²) in [7, 11) is 1.71. The minimum absolute atomic E-state index is 0.0186. The molecule has 1 aliphatic carbocycles. The Labute approximate surface area is 120 Å². The first-order valence-corrected chi connectivity index (χ1v) is 7.34. The van der Waals surface area contributed by atoms with E-state index >= 15 is 0 Å². The molecule has 1 fully saturated rings. The van der Waals surface area contributed by atoms with Gasteiger partial charge in [-0.1, -0.05) is 6.07 Å². The van der Waals surface area contributed by atoms with Gasteiger partial charge in [0.15, 0.2) is 0 Å². The van der Waals surface area contributed by atoms with E-state index in [9.17, 15) is 4.79 Å². The number of carbonyl (C=O) groups excluding carboxylic acids is 1. The largest absolute Gasteiger partial charge is 0.385 e. The average Bonchev–Trinajstić information content (AvgIpc) is 2.86. The van der Waals surface area contributed by atoms with Crippen LogP contribution in [0, 0.1) is 6.92 Å². The summed E-state index contributed by atoms with van der Waals surface area (Å²) in [4.78, 5) is 12.5. The van der Waals surface area contributed by atoms with E-state index in [1.165, 1.54) is 0 Å². The molecule has 0 spiro atoms. The Morgan fingerprint density at radius 2 is 2.20 bits per heavy atom. The molecule has 4 nitrogen and oxygen atoms in total. The Bertz CT molecular complexity index is 474. The van der Waals surface area contributed by atoms with E-state index < -0.39 is 0 Å². The lowest BCUT2D eigenvalue weighted by molar-refractivity contribution is 0.0722. The van der Waals surface area contributed by atoms with E-state index in [1.54, 1.807) is 7.11 Å². The number of aryl methyl sites for hydroxylation is 1. The van der Waals surface area contributed by atoms with Crippen LogP contribution in [-0.4, -0.2) is 31.7 Å². The van der Waals surface area contributed by atoms with Gasteiger partial charge in [0.25, 0.3) is 5.91 Å². The first kappa shape index (κ1) is 14.9. The van der Waals surface area contributed by atoms with Crippen LogP contribution < -0.4 is 10.6 Å². The lowest BCUT2D eigenvalue weighted by Crippen LogP contribution is -2.40. The number of amides is 1. The number of rotatable bonds is 5. The quantitative estimate of drug-likeness (QED) is 0.869. The zero-order chi connectivity index (χ0) is 14.5. The zero-order valence-corrected chi connectivity index (χ0v) is 12.5. The van der Waals surface area contributed by atoms with Crippen molar-refractivity contribution in [3.8, 4) is 0 Å². The van der Waals surface area contributed by atoms with Crippen LogP contribution >= 0.6 is 0 Å². The maximum atomic E-state index is 12.5. The molecule has 1 aliphatic rings. The molecule has 1 amide bonds. The molecule has 0 bridgehead atoms. The highest BCUT2D eigenvalue weighted by Gasteiger charge is 2.29. The lowest BCUT2D eigenvalue weighted by atomic mass is 10.1. The molecular weight excluding hydrogens is 252 g/mol. The van der Waals surface area contributed by atoms with Crippen molar-refractivity contribution in [1.29, 1.82) is 0 Å². The highest BCUT2D eigenvalue weighted by Crippen LogP contribution is 2.23. The third kappa shape index (κ3) is 3.31. The fourth-order valence-corrected chi connectivity index (χ4v) is 2.81. The third-order valence-corrected chi connectivity index (χ3v) is 3.86. The second-order valence-corrected chi connectivity index (χ2v) is 5.36. The van der Waals surface area contributed by atoms with Gasteiger partial charge < -0.3 is 15.4 Å².